The molecule has 2 rings (SSSR count). The van der Waals surface area contributed by atoms with E-state index in [1.807, 2.05) is 18.5 Å². The molecular weight excluding hydrogens is 290 g/mol. The Morgan fingerprint density at radius 1 is 1.33 bits per heavy atom. The first kappa shape index (κ1) is 15.4. The second-order valence-electron chi connectivity index (χ2n) is 4.88. The van der Waals surface area contributed by atoms with Gasteiger partial charge in [0.15, 0.2) is 5.78 Å². The normalized spacial score (nSPS) is 10.7. The highest BCUT2D eigenvalue weighted by molar-refractivity contribution is 6.31. The lowest BCUT2D eigenvalue weighted by Crippen LogP contribution is -2.15. The Bertz CT molecular complexity index is 680. The van der Waals surface area contributed by atoms with Crippen molar-refractivity contribution in [2.24, 2.45) is 0 Å². The SMILES string of the molecule is CC(=O)c1cnc(NCCn2nc(C)c(Cl)c2C)nc1C. The Labute approximate surface area is 128 Å². The van der Waals surface area contributed by atoms with Gasteiger partial charge in [-0.15, -0.1) is 0 Å². The van der Waals surface area contributed by atoms with Gasteiger partial charge in [0.25, 0.3) is 0 Å². The Hall–Kier alpha value is -1.95. The van der Waals surface area contributed by atoms with E-state index in [1.54, 1.807) is 13.1 Å². The van der Waals surface area contributed by atoms with Crippen LogP contribution in [0.25, 0.3) is 0 Å². The molecule has 0 bridgehead atoms. The Morgan fingerprint density at radius 3 is 2.57 bits per heavy atom. The summed E-state index contributed by atoms with van der Waals surface area (Å²) in [6.45, 7) is 8.40. The van der Waals surface area contributed by atoms with Crippen LogP contribution in [0.1, 0.15) is 34.4 Å². The molecule has 0 aliphatic rings. The number of aromatic nitrogens is 4. The molecule has 0 fully saturated rings. The predicted molar refractivity (Wildman–Crippen MR) is 82.0 cm³/mol. The molecule has 2 aromatic rings. The summed E-state index contributed by atoms with van der Waals surface area (Å²) in [5.74, 6) is 0.474. The van der Waals surface area contributed by atoms with Crippen LogP contribution in [-0.4, -0.2) is 32.1 Å². The minimum absolute atomic E-state index is 0.0312. The number of carbonyl (C=O) groups is 1. The van der Waals surface area contributed by atoms with E-state index >= 15 is 0 Å². The van der Waals surface area contributed by atoms with Crippen molar-refractivity contribution >= 4 is 23.3 Å². The van der Waals surface area contributed by atoms with E-state index in [2.05, 4.69) is 20.4 Å². The third-order valence-electron chi connectivity index (χ3n) is 3.26. The number of anilines is 1. The molecule has 0 saturated carbocycles. The van der Waals surface area contributed by atoms with E-state index in [-0.39, 0.29) is 5.78 Å². The number of halogens is 1. The molecule has 0 saturated heterocycles. The van der Waals surface area contributed by atoms with Gasteiger partial charge in [0.1, 0.15) is 0 Å². The third kappa shape index (κ3) is 3.39. The van der Waals surface area contributed by atoms with Gasteiger partial charge in [-0.05, 0) is 27.7 Å². The van der Waals surface area contributed by atoms with Crippen molar-refractivity contribution in [1.29, 1.82) is 0 Å². The standard InChI is InChI=1S/C14H18ClN5O/c1-8-12(11(4)21)7-17-14(18-8)16-5-6-20-10(3)13(15)9(2)19-20/h7H,5-6H2,1-4H3,(H,16,17,18). The van der Waals surface area contributed by atoms with Gasteiger partial charge in [-0.2, -0.15) is 5.10 Å². The first-order valence-corrected chi connectivity index (χ1v) is 7.06. The molecule has 7 heteroatoms. The minimum Gasteiger partial charge on any atom is -0.352 e. The number of ketones is 1. The van der Waals surface area contributed by atoms with Crippen LogP contribution >= 0.6 is 11.6 Å². The van der Waals surface area contributed by atoms with Crippen molar-refractivity contribution in [2.45, 2.75) is 34.2 Å². The van der Waals surface area contributed by atoms with Crippen molar-refractivity contribution in [3.8, 4) is 0 Å². The minimum atomic E-state index is -0.0312. The molecule has 2 heterocycles. The highest BCUT2D eigenvalue weighted by atomic mass is 35.5. The van der Waals surface area contributed by atoms with Gasteiger partial charge in [0, 0.05) is 12.7 Å². The molecule has 0 atom stereocenters. The zero-order valence-corrected chi connectivity index (χ0v) is 13.3. The monoisotopic (exact) mass is 307 g/mol. The number of nitrogens with zero attached hydrogens (tertiary/aromatic N) is 4. The molecule has 1 N–H and O–H groups in total. The van der Waals surface area contributed by atoms with Gasteiger partial charge in [0.05, 0.1) is 34.2 Å². The molecule has 112 valence electrons. The summed E-state index contributed by atoms with van der Waals surface area (Å²) >= 11 is 6.10. The highest BCUT2D eigenvalue weighted by Crippen LogP contribution is 2.18. The van der Waals surface area contributed by atoms with Crippen molar-refractivity contribution < 1.29 is 4.79 Å². The van der Waals surface area contributed by atoms with E-state index in [1.165, 1.54) is 6.92 Å². The number of rotatable bonds is 5. The number of nitrogens with one attached hydrogen (secondary N) is 1. The number of aryl methyl sites for hydroxylation is 2. The van der Waals surface area contributed by atoms with Gasteiger partial charge in [-0.25, -0.2) is 9.97 Å². The van der Waals surface area contributed by atoms with E-state index in [0.717, 1.165) is 11.4 Å². The highest BCUT2D eigenvalue weighted by Gasteiger charge is 2.09. The summed E-state index contributed by atoms with van der Waals surface area (Å²) in [6, 6.07) is 0. The second-order valence-corrected chi connectivity index (χ2v) is 5.26. The largest absolute Gasteiger partial charge is 0.352 e. The van der Waals surface area contributed by atoms with Crippen molar-refractivity contribution in [2.75, 3.05) is 11.9 Å². The molecule has 0 radical (unpaired) electrons. The van der Waals surface area contributed by atoms with Crippen molar-refractivity contribution in [3.63, 3.8) is 0 Å². The summed E-state index contributed by atoms with van der Waals surface area (Å²) in [4.78, 5) is 19.7. The van der Waals surface area contributed by atoms with Gasteiger partial charge in [-0.1, -0.05) is 11.6 Å². The van der Waals surface area contributed by atoms with Crippen LogP contribution in [0, 0.1) is 20.8 Å². The quantitative estimate of drug-likeness (QED) is 0.859. The lowest BCUT2D eigenvalue weighted by Gasteiger charge is -2.08. The zero-order chi connectivity index (χ0) is 15.6. The molecule has 6 nitrogen and oxygen atoms in total. The Kier molecular flexibility index (Phi) is 4.57. The number of hydrogen-bond donors (Lipinski definition) is 1. The molecule has 0 spiro atoms. The van der Waals surface area contributed by atoms with Crippen molar-refractivity contribution in [1.82, 2.24) is 19.7 Å². The molecule has 0 aliphatic carbocycles. The van der Waals surface area contributed by atoms with Crippen molar-refractivity contribution in [3.05, 3.63) is 33.9 Å². The molecule has 21 heavy (non-hydrogen) atoms. The fraction of sp³-hybridized carbons (Fsp3) is 0.429. The first-order chi connectivity index (χ1) is 9.90. The third-order valence-corrected chi connectivity index (χ3v) is 3.81. The summed E-state index contributed by atoms with van der Waals surface area (Å²) < 4.78 is 1.85. The molecule has 0 aromatic carbocycles. The molecule has 0 unspecified atom stereocenters. The number of Topliss-reactive ketones (excluding diaryl/α,β-unsaturated/α-hetero) is 1. The fourth-order valence-corrected chi connectivity index (χ4v) is 2.20. The first-order valence-electron chi connectivity index (χ1n) is 6.68. The van der Waals surface area contributed by atoms with Crippen LogP contribution in [0.2, 0.25) is 5.02 Å². The summed E-state index contributed by atoms with van der Waals surface area (Å²) in [7, 11) is 0. The van der Waals surface area contributed by atoms with Gasteiger partial charge in [-0.3, -0.25) is 9.48 Å². The zero-order valence-electron chi connectivity index (χ0n) is 12.6. The van der Waals surface area contributed by atoms with E-state index in [4.69, 9.17) is 11.6 Å². The smallest absolute Gasteiger partial charge is 0.222 e. The second kappa shape index (κ2) is 6.22. The van der Waals surface area contributed by atoms with Crippen LogP contribution in [0.5, 0.6) is 0 Å². The molecule has 0 aliphatic heterocycles. The summed E-state index contributed by atoms with van der Waals surface area (Å²) in [5, 5.41) is 8.18. The average molecular weight is 308 g/mol. The number of hydrogen-bond acceptors (Lipinski definition) is 5. The van der Waals surface area contributed by atoms with Gasteiger partial charge >= 0.3 is 0 Å². The van der Waals surface area contributed by atoms with E-state index in [9.17, 15) is 4.79 Å². The van der Waals surface area contributed by atoms with Crippen LogP contribution in [-0.2, 0) is 6.54 Å². The van der Waals surface area contributed by atoms with E-state index < -0.39 is 0 Å². The Balaban J connectivity index is 1.99. The van der Waals surface area contributed by atoms with Gasteiger partial charge in [0.2, 0.25) is 5.95 Å². The topological polar surface area (TPSA) is 72.7 Å². The Morgan fingerprint density at radius 2 is 2.05 bits per heavy atom. The van der Waals surface area contributed by atoms with Crippen LogP contribution in [0.15, 0.2) is 6.20 Å². The predicted octanol–water partition coefficient (Wildman–Crippen LogP) is 2.57. The molecule has 0 amide bonds. The van der Waals surface area contributed by atoms with E-state index in [0.29, 0.717) is 35.3 Å². The maximum absolute atomic E-state index is 11.3. The molecule has 2 aromatic heterocycles. The average Bonchev–Trinajstić information content (AvgIpc) is 2.66. The van der Waals surface area contributed by atoms with Gasteiger partial charge < -0.3 is 5.32 Å². The van der Waals surface area contributed by atoms with Crippen LogP contribution in [0.4, 0.5) is 5.95 Å². The molecular formula is C14H18ClN5O. The number of carbonyl (C=O) groups excluding carboxylic acids is 1. The van der Waals surface area contributed by atoms with Crippen LogP contribution < -0.4 is 5.32 Å². The maximum Gasteiger partial charge on any atom is 0.222 e. The summed E-state index contributed by atoms with van der Waals surface area (Å²) in [6.07, 6.45) is 1.55. The maximum atomic E-state index is 11.3. The lowest BCUT2D eigenvalue weighted by atomic mass is 10.2. The summed E-state index contributed by atoms with van der Waals surface area (Å²) in [5.41, 5.74) is 2.99. The fourth-order valence-electron chi connectivity index (χ4n) is 2.06. The van der Waals surface area contributed by atoms with Crippen LogP contribution in [0.3, 0.4) is 0 Å². The lowest BCUT2D eigenvalue weighted by molar-refractivity contribution is 0.101.